The second-order valence-corrected chi connectivity index (χ2v) is 9.27. The molecule has 0 radical (unpaired) electrons. The van der Waals surface area contributed by atoms with Gasteiger partial charge in [-0.3, -0.25) is 9.58 Å². The highest BCUT2D eigenvalue weighted by Gasteiger charge is 2.24. The van der Waals surface area contributed by atoms with Crippen LogP contribution < -0.4 is 0 Å². The molecule has 29 heavy (non-hydrogen) atoms. The summed E-state index contributed by atoms with van der Waals surface area (Å²) in [6.45, 7) is 7.60. The maximum absolute atomic E-state index is 5.62. The first-order valence-electron chi connectivity index (χ1n) is 11.6. The van der Waals surface area contributed by atoms with Crippen molar-refractivity contribution in [2.75, 3.05) is 20.2 Å². The summed E-state index contributed by atoms with van der Waals surface area (Å²) >= 11 is 0. The van der Waals surface area contributed by atoms with Gasteiger partial charge in [-0.15, -0.1) is 0 Å². The minimum absolute atomic E-state index is 0.368. The molecule has 158 valence electrons. The monoisotopic (exact) mass is 395 g/mol. The van der Waals surface area contributed by atoms with Crippen molar-refractivity contribution in [3.05, 3.63) is 41.6 Å². The van der Waals surface area contributed by atoms with Crippen molar-refractivity contribution in [3.63, 3.8) is 0 Å². The minimum Gasteiger partial charge on any atom is -0.380 e. The average molecular weight is 396 g/mol. The molecule has 1 aromatic heterocycles. The lowest BCUT2D eigenvalue weighted by Gasteiger charge is -2.31. The molecule has 1 aromatic carbocycles. The summed E-state index contributed by atoms with van der Waals surface area (Å²) in [5.41, 5.74) is 5.20. The van der Waals surface area contributed by atoms with Crippen LogP contribution in [0.5, 0.6) is 0 Å². The van der Waals surface area contributed by atoms with Crippen LogP contribution in [0.1, 0.15) is 82.0 Å². The van der Waals surface area contributed by atoms with Gasteiger partial charge in [0.05, 0.1) is 23.5 Å². The van der Waals surface area contributed by atoms with E-state index in [1.807, 2.05) is 7.11 Å². The quantitative estimate of drug-likeness (QED) is 0.620. The normalized spacial score (nSPS) is 21.7. The van der Waals surface area contributed by atoms with Crippen LogP contribution in [0.25, 0.3) is 11.3 Å². The fraction of sp³-hybridized carbons (Fsp3) is 0.640. The molecule has 0 N–H and O–H groups in total. The molecule has 2 aliphatic rings. The van der Waals surface area contributed by atoms with Crippen molar-refractivity contribution in [2.45, 2.75) is 83.4 Å². The fourth-order valence-corrected chi connectivity index (χ4v) is 4.96. The predicted octanol–water partition coefficient (Wildman–Crippen LogP) is 5.79. The number of piperidine rings is 1. The Morgan fingerprint density at radius 3 is 2.48 bits per heavy atom. The SMILES string of the molecule is COC1CCCN(Cc2cc(-c3ccc(C(C)C)cc3)n(C3CCCCC3)n2)C1. The van der Waals surface area contributed by atoms with Crippen molar-refractivity contribution in [1.29, 1.82) is 0 Å². The second-order valence-electron chi connectivity index (χ2n) is 9.27. The van der Waals surface area contributed by atoms with E-state index in [2.05, 4.69) is 53.8 Å². The Balaban J connectivity index is 1.60. The van der Waals surface area contributed by atoms with Gasteiger partial charge in [0.25, 0.3) is 0 Å². The number of aromatic nitrogens is 2. The third-order valence-corrected chi connectivity index (χ3v) is 6.76. The third-order valence-electron chi connectivity index (χ3n) is 6.76. The number of benzene rings is 1. The van der Waals surface area contributed by atoms with Crippen molar-refractivity contribution >= 4 is 0 Å². The van der Waals surface area contributed by atoms with E-state index in [1.165, 1.54) is 67.5 Å². The highest BCUT2D eigenvalue weighted by Crippen LogP contribution is 2.33. The molecule has 2 aromatic rings. The number of ether oxygens (including phenoxy) is 1. The molecular weight excluding hydrogens is 358 g/mol. The Morgan fingerprint density at radius 2 is 1.79 bits per heavy atom. The summed E-state index contributed by atoms with van der Waals surface area (Å²) in [7, 11) is 1.84. The highest BCUT2D eigenvalue weighted by atomic mass is 16.5. The fourth-order valence-electron chi connectivity index (χ4n) is 4.96. The van der Waals surface area contributed by atoms with Crippen LogP contribution in [0.3, 0.4) is 0 Å². The van der Waals surface area contributed by atoms with Crippen LogP contribution >= 0.6 is 0 Å². The van der Waals surface area contributed by atoms with Gasteiger partial charge in [-0.1, -0.05) is 57.4 Å². The number of methoxy groups -OCH3 is 1. The van der Waals surface area contributed by atoms with Gasteiger partial charge in [-0.2, -0.15) is 5.10 Å². The van der Waals surface area contributed by atoms with Gasteiger partial charge in [0.2, 0.25) is 0 Å². The molecule has 4 rings (SSSR count). The predicted molar refractivity (Wildman–Crippen MR) is 119 cm³/mol. The lowest BCUT2D eigenvalue weighted by atomic mass is 9.95. The molecule has 1 saturated heterocycles. The number of rotatable bonds is 6. The van der Waals surface area contributed by atoms with Crippen molar-refractivity contribution in [2.24, 2.45) is 0 Å². The lowest BCUT2D eigenvalue weighted by molar-refractivity contribution is 0.0280. The zero-order valence-corrected chi connectivity index (χ0v) is 18.4. The molecule has 4 heteroatoms. The number of hydrogen-bond acceptors (Lipinski definition) is 3. The van der Waals surface area contributed by atoms with Crippen LogP contribution in [-0.2, 0) is 11.3 Å². The first-order chi connectivity index (χ1) is 14.1. The summed E-state index contributed by atoms with van der Waals surface area (Å²) in [6.07, 6.45) is 9.30. The Morgan fingerprint density at radius 1 is 1.03 bits per heavy atom. The zero-order chi connectivity index (χ0) is 20.2. The first-order valence-corrected chi connectivity index (χ1v) is 11.6. The van der Waals surface area contributed by atoms with Crippen LogP contribution in [0.2, 0.25) is 0 Å². The standard InChI is InChI=1S/C25H37N3O/c1-19(2)20-11-13-21(14-12-20)25-16-22(17-27-15-7-10-24(18-27)29-3)26-28(25)23-8-5-4-6-9-23/h11-14,16,19,23-24H,4-10,15,17-18H2,1-3H3. The van der Waals surface area contributed by atoms with Gasteiger partial charge < -0.3 is 4.74 Å². The molecular formula is C25H37N3O. The number of nitrogens with zero attached hydrogens (tertiary/aromatic N) is 3. The largest absolute Gasteiger partial charge is 0.380 e. The molecule has 1 aliphatic heterocycles. The highest BCUT2D eigenvalue weighted by molar-refractivity contribution is 5.61. The third kappa shape index (κ3) is 4.92. The van der Waals surface area contributed by atoms with E-state index < -0.39 is 0 Å². The Labute approximate surface area is 176 Å². The van der Waals surface area contributed by atoms with Gasteiger partial charge >= 0.3 is 0 Å². The summed E-state index contributed by atoms with van der Waals surface area (Å²) in [5.74, 6) is 0.565. The molecule has 0 bridgehead atoms. The van der Waals surface area contributed by atoms with E-state index in [9.17, 15) is 0 Å². The summed E-state index contributed by atoms with van der Waals surface area (Å²) in [5, 5.41) is 5.15. The minimum atomic E-state index is 0.368. The molecule has 0 amide bonds. The van der Waals surface area contributed by atoms with E-state index in [4.69, 9.17) is 9.84 Å². The number of likely N-dealkylation sites (tertiary alicyclic amines) is 1. The maximum Gasteiger partial charge on any atom is 0.0771 e. The van der Waals surface area contributed by atoms with Crippen molar-refractivity contribution in [1.82, 2.24) is 14.7 Å². The molecule has 1 aliphatic carbocycles. The van der Waals surface area contributed by atoms with E-state index in [-0.39, 0.29) is 0 Å². The summed E-state index contributed by atoms with van der Waals surface area (Å²) in [4.78, 5) is 2.51. The maximum atomic E-state index is 5.62. The van der Waals surface area contributed by atoms with Crippen LogP contribution in [-0.4, -0.2) is 41.0 Å². The Bertz CT molecular complexity index is 774. The number of hydrogen-bond donors (Lipinski definition) is 0. The van der Waals surface area contributed by atoms with Crippen molar-refractivity contribution < 1.29 is 4.74 Å². The Kier molecular flexibility index (Phi) is 6.71. The van der Waals surface area contributed by atoms with Gasteiger partial charge in [-0.05, 0) is 55.3 Å². The topological polar surface area (TPSA) is 30.3 Å². The molecule has 0 spiro atoms. The van der Waals surface area contributed by atoms with Gasteiger partial charge in [0.15, 0.2) is 0 Å². The van der Waals surface area contributed by atoms with Gasteiger partial charge in [0.1, 0.15) is 0 Å². The van der Waals surface area contributed by atoms with Gasteiger partial charge in [-0.25, -0.2) is 0 Å². The molecule has 1 atom stereocenters. The lowest BCUT2D eigenvalue weighted by Crippen LogP contribution is -2.38. The van der Waals surface area contributed by atoms with Gasteiger partial charge in [0, 0.05) is 20.2 Å². The summed E-state index contributed by atoms with van der Waals surface area (Å²) in [6, 6.07) is 12.0. The average Bonchev–Trinajstić information content (AvgIpc) is 3.18. The molecule has 1 saturated carbocycles. The van der Waals surface area contributed by atoms with E-state index >= 15 is 0 Å². The van der Waals surface area contributed by atoms with E-state index in [0.717, 1.165) is 19.6 Å². The summed E-state index contributed by atoms with van der Waals surface area (Å²) < 4.78 is 7.97. The first kappa shape index (κ1) is 20.6. The van der Waals surface area contributed by atoms with Crippen LogP contribution in [0, 0.1) is 0 Å². The molecule has 2 fully saturated rings. The van der Waals surface area contributed by atoms with E-state index in [0.29, 0.717) is 18.1 Å². The Hall–Kier alpha value is -1.65. The van der Waals surface area contributed by atoms with Crippen molar-refractivity contribution in [3.8, 4) is 11.3 Å². The molecule has 2 heterocycles. The van der Waals surface area contributed by atoms with E-state index in [1.54, 1.807) is 0 Å². The molecule has 1 unspecified atom stereocenters. The molecule has 4 nitrogen and oxygen atoms in total. The smallest absolute Gasteiger partial charge is 0.0771 e. The zero-order valence-electron chi connectivity index (χ0n) is 18.4. The van der Waals surface area contributed by atoms with Crippen LogP contribution in [0.4, 0.5) is 0 Å². The second kappa shape index (κ2) is 9.44. The van der Waals surface area contributed by atoms with Crippen LogP contribution in [0.15, 0.2) is 30.3 Å².